The van der Waals surface area contributed by atoms with Gasteiger partial charge in [-0.15, -0.1) is 5.10 Å². The Morgan fingerprint density at radius 3 is 2.68 bits per heavy atom. The van der Waals surface area contributed by atoms with Crippen LogP contribution in [0.25, 0.3) is 5.69 Å². The number of nitrogens with two attached hydrogens (primary N) is 1. The van der Waals surface area contributed by atoms with Crippen LogP contribution in [0.5, 0.6) is 11.9 Å². The molecule has 0 aliphatic heterocycles. The second kappa shape index (κ2) is 4.73. The molecule has 7 nitrogen and oxygen atoms in total. The number of nitrogen functional groups attached to an aromatic ring is 1. The van der Waals surface area contributed by atoms with Crippen LogP contribution in [-0.2, 0) is 0 Å². The number of ether oxygens (including phenoxy) is 1. The van der Waals surface area contributed by atoms with Crippen LogP contribution in [0, 0.1) is 0 Å². The van der Waals surface area contributed by atoms with Crippen LogP contribution in [-0.4, -0.2) is 24.7 Å². The maximum atomic E-state index is 5.46. The molecule has 0 amide bonds. The first-order chi connectivity index (χ1) is 9.31. The molecule has 19 heavy (non-hydrogen) atoms. The Balaban J connectivity index is 1.82. The van der Waals surface area contributed by atoms with E-state index in [0.29, 0.717) is 5.88 Å². The summed E-state index contributed by atoms with van der Waals surface area (Å²) in [5, 5.41) is 4.19. The van der Waals surface area contributed by atoms with Crippen molar-refractivity contribution in [2.24, 2.45) is 0 Å². The predicted octanol–water partition coefficient (Wildman–Crippen LogP) is 1.43. The molecule has 0 radical (unpaired) electrons. The van der Waals surface area contributed by atoms with Crippen molar-refractivity contribution < 1.29 is 4.74 Å². The van der Waals surface area contributed by atoms with Crippen molar-refractivity contribution in [2.45, 2.75) is 0 Å². The van der Waals surface area contributed by atoms with Crippen molar-refractivity contribution in [3.8, 4) is 17.6 Å². The van der Waals surface area contributed by atoms with Gasteiger partial charge in [-0.25, -0.2) is 9.67 Å². The summed E-state index contributed by atoms with van der Waals surface area (Å²) in [6.45, 7) is 0. The number of nitrogens with zero attached hydrogens (tertiary/aromatic N) is 5. The smallest absolute Gasteiger partial charge is 0.342 e. The van der Waals surface area contributed by atoms with Gasteiger partial charge in [0.1, 0.15) is 6.33 Å². The van der Waals surface area contributed by atoms with Gasteiger partial charge in [0, 0.05) is 12.3 Å². The van der Waals surface area contributed by atoms with Crippen molar-refractivity contribution in [2.75, 3.05) is 5.73 Å². The first-order valence-electron chi connectivity index (χ1n) is 5.55. The number of hydrogen-bond acceptors (Lipinski definition) is 6. The zero-order chi connectivity index (χ0) is 13.1. The molecule has 94 valence electrons. The average molecular weight is 254 g/mol. The molecule has 1 aromatic carbocycles. The van der Waals surface area contributed by atoms with Crippen molar-refractivity contribution in [3.05, 3.63) is 48.9 Å². The summed E-state index contributed by atoms with van der Waals surface area (Å²) >= 11 is 0. The SMILES string of the molecule is Nc1nccc(Oc2ncn(-c3ccccc3)n2)n1. The van der Waals surface area contributed by atoms with Crippen LogP contribution in [0.1, 0.15) is 0 Å². The second-order valence-corrected chi connectivity index (χ2v) is 3.66. The van der Waals surface area contributed by atoms with Gasteiger partial charge < -0.3 is 10.5 Å². The molecule has 0 fully saturated rings. The lowest BCUT2D eigenvalue weighted by Crippen LogP contribution is -1.97. The molecule has 0 saturated heterocycles. The maximum Gasteiger partial charge on any atom is 0.342 e. The topological polar surface area (TPSA) is 91.7 Å². The third-order valence-corrected chi connectivity index (χ3v) is 2.34. The molecule has 3 rings (SSSR count). The molecule has 0 unspecified atom stereocenters. The van der Waals surface area contributed by atoms with E-state index >= 15 is 0 Å². The molecule has 0 atom stereocenters. The van der Waals surface area contributed by atoms with Gasteiger partial charge in [-0.1, -0.05) is 18.2 Å². The highest BCUT2D eigenvalue weighted by Gasteiger charge is 2.06. The van der Waals surface area contributed by atoms with Crippen molar-refractivity contribution in [1.29, 1.82) is 0 Å². The number of aromatic nitrogens is 5. The Kier molecular flexibility index (Phi) is 2.77. The third kappa shape index (κ3) is 2.49. The monoisotopic (exact) mass is 254 g/mol. The van der Waals surface area contributed by atoms with Gasteiger partial charge in [0.05, 0.1) is 5.69 Å². The second-order valence-electron chi connectivity index (χ2n) is 3.66. The molecule has 0 saturated carbocycles. The Bertz CT molecular complexity index is 681. The molecule has 2 aromatic heterocycles. The summed E-state index contributed by atoms with van der Waals surface area (Å²) in [7, 11) is 0. The Labute approximate surface area is 108 Å². The zero-order valence-corrected chi connectivity index (χ0v) is 9.84. The summed E-state index contributed by atoms with van der Waals surface area (Å²) in [6, 6.07) is 11.4. The molecule has 0 aliphatic rings. The average Bonchev–Trinajstić information content (AvgIpc) is 2.88. The van der Waals surface area contributed by atoms with Crippen LogP contribution in [0.15, 0.2) is 48.9 Å². The van der Waals surface area contributed by atoms with Gasteiger partial charge in [-0.2, -0.15) is 9.97 Å². The molecule has 7 heteroatoms. The van der Waals surface area contributed by atoms with E-state index in [2.05, 4.69) is 20.1 Å². The number of para-hydroxylation sites is 1. The van der Waals surface area contributed by atoms with E-state index in [9.17, 15) is 0 Å². The fraction of sp³-hybridized carbons (Fsp3) is 0. The summed E-state index contributed by atoms with van der Waals surface area (Å²) in [4.78, 5) is 11.7. The molecule has 2 N–H and O–H groups in total. The van der Waals surface area contributed by atoms with Gasteiger partial charge >= 0.3 is 6.01 Å². The lowest BCUT2D eigenvalue weighted by Gasteiger charge is -2.00. The van der Waals surface area contributed by atoms with Crippen LogP contribution in [0.3, 0.4) is 0 Å². The van der Waals surface area contributed by atoms with Gasteiger partial charge in [0.2, 0.25) is 11.8 Å². The lowest BCUT2D eigenvalue weighted by atomic mass is 10.3. The number of benzene rings is 1. The predicted molar refractivity (Wildman–Crippen MR) is 67.9 cm³/mol. The summed E-state index contributed by atoms with van der Waals surface area (Å²) in [5.41, 5.74) is 6.36. The number of hydrogen-bond donors (Lipinski definition) is 1. The van der Waals surface area contributed by atoms with Crippen LogP contribution in [0.4, 0.5) is 5.95 Å². The molecular formula is C12H10N6O. The van der Waals surface area contributed by atoms with Crippen LogP contribution >= 0.6 is 0 Å². The van der Waals surface area contributed by atoms with Gasteiger partial charge in [0.25, 0.3) is 0 Å². The first-order valence-corrected chi connectivity index (χ1v) is 5.55. The van der Waals surface area contributed by atoms with Gasteiger partial charge in [-0.05, 0) is 12.1 Å². The standard InChI is InChI=1S/C12H10N6O/c13-11-14-7-6-10(16-11)19-12-15-8-18(17-12)9-4-2-1-3-5-9/h1-8H,(H2,13,14,16). The highest BCUT2D eigenvalue weighted by molar-refractivity contribution is 5.30. The first kappa shape index (κ1) is 11.1. The van der Waals surface area contributed by atoms with E-state index < -0.39 is 0 Å². The maximum absolute atomic E-state index is 5.46. The van der Waals surface area contributed by atoms with Crippen molar-refractivity contribution in [3.63, 3.8) is 0 Å². The highest BCUT2D eigenvalue weighted by Crippen LogP contribution is 2.15. The Morgan fingerprint density at radius 2 is 1.89 bits per heavy atom. The molecule has 2 heterocycles. The minimum Gasteiger partial charge on any atom is -0.404 e. The van der Waals surface area contributed by atoms with Crippen LogP contribution < -0.4 is 10.5 Å². The molecular weight excluding hydrogens is 244 g/mol. The summed E-state index contributed by atoms with van der Waals surface area (Å²) < 4.78 is 7.00. The Hall–Kier alpha value is -2.96. The summed E-state index contributed by atoms with van der Waals surface area (Å²) in [6.07, 6.45) is 3.07. The normalized spacial score (nSPS) is 10.3. The molecule has 0 bridgehead atoms. The highest BCUT2D eigenvalue weighted by atomic mass is 16.5. The van der Waals surface area contributed by atoms with Crippen molar-refractivity contribution >= 4 is 5.95 Å². The van der Waals surface area contributed by atoms with E-state index in [4.69, 9.17) is 10.5 Å². The van der Waals surface area contributed by atoms with E-state index in [1.807, 2.05) is 30.3 Å². The van der Waals surface area contributed by atoms with Gasteiger partial charge in [0.15, 0.2) is 0 Å². The van der Waals surface area contributed by atoms with E-state index in [0.717, 1.165) is 5.69 Å². The lowest BCUT2D eigenvalue weighted by molar-refractivity contribution is 0.424. The largest absolute Gasteiger partial charge is 0.404 e. The molecule has 0 aliphatic carbocycles. The third-order valence-electron chi connectivity index (χ3n) is 2.34. The van der Waals surface area contributed by atoms with E-state index in [-0.39, 0.29) is 12.0 Å². The zero-order valence-electron chi connectivity index (χ0n) is 9.84. The quantitative estimate of drug-likeness (QED) is 0.760. The summed E-state index contributed by atoms with van der Waals surface area (Å²) in [5.74, 6) is 0.443. The molecule has 0 spiro atoms. The molecule has 3 aromatic rings. The van der Waals surface area contributed by atoms with Gasteiger partial charge in [-0.3, -0.25) is 0 Å². The fourth-order valence-corrected chi connectivity index (χ4v) is 1.51. The Morgan fingerprint density at radius 1 is 1.05 bits per heavy atom. The van der Waals surface area contributed by atoms with E-state index in [1.165, 1.54) is 6.20 Å². The minimum absolute atomic E-state index is 0.139. The number of anilines is 1. The van der Waals surface area contributed by atoms with E-state index in [1.54, 1.807) is 17.1 Å². The fourth-order valence-electron chi connectivity index (χ4n) is 1.51. The van der Waals surface area contributed by atoms with Crippen molar-refractivity contribution in [1.82, 2.24) is 24.7 Å². The van der Waals surface area contributed by atoms with Crippen LogP contribution in [0.2, 0.25) is 0 Å². The number of rotatable bonds is 3. The minimum atomic E-state index is 0.139.